The van der Waals surface area contributed by atoms with Gasteiger partial charge in [0.2, 0.25) is 0 Å². The van der Waals surface area contributed by atoms with Crippen LogP contribution in [0.3, 0.4) is 0 Å². The van der Waals surface area contributed by atoms with E-state index in [1.54, 1.807) is 31.2 Å². The molecule has 0 spiro atoms. The zero-order valence-electron chi connectivity index (χ0n) is 15.3. The predicted molar refractivity (Wildman–Crippen MR) is 112 cm³/mol. The van der Waals surface area contributed by atoms with Crippen molar-refractivity contribution < 1.29 is 13.2 Å². The fourth-order valence-electron chi connectivity index (χ4n) is 2.68. The molecule has 4 nitrogen and oxygen atoms in total. The van der Waals surface area contributed by atoms with Crippen molar-refractivity contribution in [3.05, 3.63) is 65.2 Å². The quantitative estimate of drug-likeness (QED) is 0.386. The van der Waals surface area contributed by atoms with E-state index in [2.05, 4.69) is 20.5 Å². The van der Waals surface area contributed by atoms with Gasteiger partial charge >= 0.3 is 6.18 Å². The minimum absolute atomic E-state index is 0.107. The molecule has 0 fully saturated rings. The molecule has 1 N–H and O–H groups in total. The number of halogens is 5. The SMILES string of the molecule is CC(Cl)/C(CCl)=N\NC1=Nc2ccc(C(F)(F)F)cc2C(c2ccccc2)=NC1. The van der Waals surface area contributed by atoms with Crippen LogP contribution in [0.1, 0.15) is 23.6 Å². The number of hydrogen-bond acceptors (Lipinski definition) is 4. The lowest BCUT2D eigenvalue weighted by molar-refractivity contribution is -0.137. The fourth-order valence-corrected chi connectivity index (χ4v) is 3.18. The Hall–Kier alpha value is -2.38. The van der Waals surface area contributed by atoms with Crippen molar-refractivity contribution in [3.8, 4) is 0 Å². The summed E-state index contributed by atoms with van der Waals surface area (Å²) in [5, 5.41) is 3.78. The molecule has 29 heavy (non-hydrogen) atoms. The van der Waals surface area contributed by atoms with Crippen LogP contribution < -0.4 is 5.43 Å². The third-order valence-corrected chi connectivity index (χ3v) is 4.72. The first kappa shape index (κ1) is 21.3. The van der Waals surface area contributed by atoms with Crippen molar-refractivity contribution >= 4 is 46.1 Å². The zero-order chi connectivity index (χ0) is 21.0. The third kappa shape index (κ3) is 5.16. The van der Waals surface area contributed by atoms with Crippen LogP contribution in [-0.2, 0) is 6.18 Å². The molecule has 3 rings (SSSR count). The number of hydrogen-bond donors (Lipinski definition) is 1. The lowest BCUT2D eigenvalue weighted by Gasteiger charge is -2.12. The molecule has 0 aliphatic carbocycles. The first-order valence-corrected chi connectivity index (χ1v) is 9.68. The van der Waals surface area contributed by atoms with Gasteiger partial charge in [-0.05, 0) is 25.1 Å². The summed E-state index contributed by atoms with van der Waals surface area (Å²) in [6.07, 6.45) is -4.47. The van der Waals surface area contributed by atoms with Crippen molar-refractivity contribution in [2.24, 2.45) is 15.1 Å². The second-order valence-corrected chi connectivity index (χ2v) is 7.21. The molecule has 1 atom stereocenters. The largest absolute Gasteiger partial charge is 0.416 e. The molecule has 0 saturated heterocycles. The molecular weight excluding hydrogens is 424 g/mol. The van der Waals surface area contributed by atoms with Gasteiger partial charge in [-0.15, -0.1) is 23.2 Å². The Morgan fingerprint density at radius 3 is 2.55 bits per heavy atom. The molecule has 2 aromatic carbocycles. The normalized spacial score (nSPS) is 15.7. The van der Waals surface area contributed by atoms with Crippen LogP contribution in [0, 0.1) is 0 Å². The molecule has 9 heteroatoms. The molecule has 0 amide bonds. The van der Waals surface area contributed by atoms with Gasteiger partial charge in [0.15, 0.2) is 0 Å². The highest BCUT2D eigenvalue weighted by Crippen LogP contribution is 2.34. The van der Waals surface area contributed by atoms with E-state index in [0.717, 1.165) is 12.1 Å². The smallest absolute Gasteiger partial charge is 0.276 e. The summed E-state index contributed by atoms with van der Waals surface area (Å²) in [4.78, 5) is 8.94. The van der Waals surface area contributed by atoms with E-state index in [4.69, 9.17) is 23.2 Å². The number of hydrazone groups is 1. The summed E-state index contributed by atoms with van der Waals surface area (Å²) in [6.45, 7) is 1.84. The molecule has 152 valence electrons. The Bertz CT molecular complexity index is 967. The van der Waals surface area contributed by atoms with E-state index in [0.29, 0.717) is 34.1 Å². The van der Waals surface area contributed by atoms with Crippen LogP contribution >= 0.6 is 23.2 Å². The fraction of sp³-hybridized carbons (Fsp3) is 0.250. The predicted octanol–water partition coefficient (Wildman–Crippen LogP) is 5.40. The standard InChI is InChI=1S/C20H17Cl2F3N4/c1-12(22)17(10-21)28-29-18-11-26-19(13-5-3-2-4-6-13)15-9-14(20(23,24)25)7-8-16(15)27-18/h2-9,12H,10-11H2,1H3,(H,27,29)/b28-17-. The maximum Gasteiger partial charge on any atom is 0.416 e. The van der Waals surface area contributed by atoms with Crippen molar-refractivity contribution in [1.29, 1.82) is 0 Å². The summed E-state index contributed by atoms with van der Waals surface area (Å²) in [7, 11) is 0. The number of nitrogens with one attached hydrogen (secondary N) is 1. The van der Waals surface area contributed by atoms with Crippen LogP contribution in [-0.4, -0.2) is 35.1 Å². The highest BCUT2D eigenvalue weighted by Gasteiger charge is 2.32. The maximum absolute atomic E-state index is 13.3. The van der Waals surface area contributed by atoms with Gasteiger partial charge < -0.3 is 0 Å². The Labute approximate surface area is 176 Å². The van der Waals surface area contributed by atoms with Gasteiger partial charge in [-0.25, -0.2) is 4.99 Å². The lowest BCUT2D eigenvalue weighted by atomic mass is 9.98. The van der Waals surface area contributed by atoms with Crippen LogP contribution in [0.5, 0.6) is 0 Å². The van der Waals surface area contributed by atoms with Crippen LogP contribution in [0.2, 0.25) is 0 Å². The van der Waals surface area contributed by atoms with Gasteiger partial charge in [-0.1, -0.05) is 30.3 Å². The van der Waals surface area contributed by atoms with Gasteiger partial charge in [0.1, 0.15) is 5.84 Å². The third-order valence-electron chi connectivity index (χ3n) is 4.19. The molecule has 0 saturated carbocycles. The molecule has 0 radical (unpaired) electrons. The van der Waals surface area contributed by atoms with Crippen molar-refractivity contribution in [1.82, 2.24) is 5.43 Å². The van der Waals surface area contributed by atoms with Gasteiger partial charge in [-0.2, -0.15) is 18.3 Å². The summed E-state index contributed by atoms with van der Waals surface area (Å²) >= 11 is 11.8. The summed E-state index contributed by atoms with van der Waals surface area (Å²) in [5.74, 6) is 0.506. The lowest BCUT2D eigenvalue weighted by Crippen LogP contribution is -2.25. The van der Waals surface area contributed by atoms with Crippen molar-refractivity contribution in [2.75, 3.05) is 12.4 Å². The highest BCUT2D eigenvalue weighted by atomic mass is 35.5. The number of fused-ring (bicyclic) bond motifs is 1. The van der Waals surface area contributed by atoms with E-state index >= 15 is 0 Å². The molecular formula is C20H17Cl2F3N4. The average Bonchev–Trinajstić information content (AvgIpc) is 2.87. The first-order chi connectivity index (χ1) is 13.8. The van der Waals surface area contributed by atoms with E-state index in [-0.39, 0.29) is 17.8 Å². The molecule has 1 aliphatic heterocycles. The minimum Gasteiger partial charge on any atom is -0.276 e. The Morgan fingerprint density at radius 2 is 1.93 bits per heavy atom. The summed E-state index contributed by atoms with van der Waals surface area (Å²) in [5.41, 5.74) is 4.34. The number of benzene rings is 2. The molecule has 0 bridgehead atoms. The average molecular weight is 441 g/mol. The van der Waals surface area contributed by atoms with Gasteiger partial charge in [-0.3, -0.25) is 10.4 Å². The summed E-state index contributed by atoms with van der Waals surface area (Å²) < 4.78 is 39.8. The Morgan fingerprint density at radius 1 is 1.21 bits per heavy atom. The number of aliphatic imine (C=N–C) groups is 2. The van der Waals surface area contributed by atoms with Crippen molar-refractivity contribution in [2.45, 2.75) is 18.5 Å². The van der Waals surface area contributed by atoms with Gasteiger partial charge in [0.25, 0.3) is 0 Å². The van der Waals surface area contributed by atoms with E-state index in [9.17, 15) is 13.2 Å². The topological polar surface area (TPSA) is 49.1 Å². The van der Waals surface area contributed by atoms with Crippen molar-refractivity contribution in [3.63, 3.8) is 0 Å². The van der Waals surface area contributed by atoms with E-state index in [1.807, 2.05) is 6.07 Å². The van der Waals surface area contributed by atoms with Gasteiger partial charge in [0, 0.05) is 11.1 Å². The van der Waals surface area contributed by atoms with E-state index < -0.39 is 11.7 Å². The Kier molecular flexibility index (Phi) is 6.59. The van der Waals surface area contributed by atoms with Crippen LogP contribution in [0.4, 0.5) is 18.9 Å². The second-order valence-electron chi connectivity index (χ2n) is 6.28. The van der Waals surface area contributed by atoms with E-state index in [1.165, 1.54) is 6.07 Å². The minimum atomic E-state index is -4.47. The second kappa shape index (κ2) is 8.97. The molecule has 1 unspecified atom stereocenters. The number of nitrogens with zero attached hydrogens (tertiary/aromatic N) is 3. The Balaban J connectivity index is 2.07. The number of rotatable bonds is 4. The maximum atomic E-state index is 13.3. The number of alkyl halides is 5. The molecule has 1 heterocycles. The summed E-state index contributed by atoms with van der Waals surface area (Å²) in [6, 6.07) is 12.4. The monoisotopic (exact) mass is 440 g/mol. The highest BCUT2D eigenvalue weighted by molar-refractivity contribution is 6.39. The van der Waals surface area contributed by atoms with Crippen LogP contribution in [0.25, 0.3) is 0 Å². The molecule has 1 aliphatic rings. The zero-order valence-corrected chi connectivity index (χ0v) is 16.9. The number of amidine groups is 1. The molecule has 0 aromatic heterocycles. The van der Waals surface area contributed by atoms with Gasteiger partial charge in [0.05, 0.1) is 40.5 Å². The first-order valence-electron chi connectivity index (χ1n) is 8.71. The molecule has 2 aromatic rings. The van der Waals surface area contributed by atoms with Crippen LogP contribution in [0.15, 0.2) is 63.6 Å².